The molecule has 0 atom stereocenters. The van der Waals surface area contributed by atoms with E-state index in [2.05, 4.69) is 148 Å². The highest BCUT2D eigenvalue weighted by Gasteiger charge is 2.39. The van der Waals surface area contributed by atoms with Gasteiger partial charge in [0.05, 0.1) is 84.1 Å². The average molecular weight is 1850 g/mol. The molecule has 0 saturated carbocycles. The van der Waals surface area contributed by atoms with Gasteiger partial charge in [0.1, 0.15) is 22.6 Å². The van der Waals surface area contributed by atoms with Gasteiger partial charge in [0.2, 0.25) is 35.6 Å². The molecule has 34 nitrogen and oxygen atoms in total. The summed E-state index contributed by atoms with van der Waals surface area (Å²) in [5.74, 6) is -0.359. The van der Waals surface area contributed by atoms with Crippen molar-refractivity contribution in [2.75, 3.05) is 54.8 Å². The lowest BCUT2D eigenvalue weighted by atomic mass is 10.1. The Labute approximate surface area is 771 Å². The van der Waals surface area contributed by atoms with Gasteiger partial charge in [0.15, 0.2) is 0 Å². The molecular formula is C95H75ClF6N30O4. The first-order chi connectivity index (χ1) is 65.8. The quantitative estimate of drug-likeness (QED) is 0.0334. The number of fused-ring (bicyclic) bond motifs is 5. The minimum absolute atomic E-state index is 0.0545. The number of pyridine rings is 5. The molecule has 0 aliphatic heterocycles. The van der Waals surface area contributed by atoms with Crippen LogP contribution in [0.25, 0.3) is 112 Å². The summed E-state index contributed by atoms with van der Waals surface area (Å²) in [7, 11) is 6.40. The summed E-state index contributed by atoms with van der Waals surface area (Å²) < 4.78 is 78.9. The number of halogens is 7. The molecule has 0 aliphatic rings. The predicted molar refractivity (Wildman–Crippen MR) is 505 cm³/mol. The topological polar surface area (TPSA) is 462 Å². The summed E-state index contributed by atoms with van der Waals surface area (Å²) in [4.78, 5) is 129. The number of imidazole rings is 1. The zero-order chi connectivity index (χ0) is 95.0. The van der Waals surface area contributed by atoms with Crippen LogP contribution in [0.2, 0.25) is 5.02 Å². The molecule has 0 spiro atoms. The van der Waals surface area contributed by atoms with Crippen molar-refractivity contribution in [1.82, 2.24) is 126 Å². The molecule has 20 aromatic rings. The van der Waals surface area contributed by atoms with Crippen LogP contribution >= 0.6 is 11.6 Å². The number of carbonyl (C=O) groups is 4. The lowest BCUT2D eigenvalue weighted by Gasteiger charge is -2.11. The van der Waals surface area contributed by atoms with E-state index in [9.17, 15) is 45.5 Å². The Morgan fingerprint density at radius 3 is 1.09 bits per heavy atom. The number of hydrogen-bond donors (Lipinski definition) is 14. The van der Waals surface area contributed by atoms with Crippen molar-refractivity contribution in [1.29, 1.82) is 0 Å². The molecule has 678 valence electrons. The number of H-pyrrole nitrogens is 5. The van der Waals surface area contributed by atoms with Gasteiger partial charge in [-0.1, -0.05) is 41.9 Å². The highest BCUT2D eigenvalue weighted by molar-refractivity contribution is 6.35. The molecule has 0 saturated heterocycles. The van der Waals surface area contributed by atoms with E-state index in [1.807, 2.05) is 170 Å². The van der Waals surface area contributed by atoms with E-state index in [1.54, 1.807) is 133 Å². The fraction of sp³-hybridized carbons (Fsp3) is 0.0737. The Bertz CT molecular complexity index is 7520. The Morgan fingerprint density at radius 2 is 0.684 bits per heavy atom. The second-order valence-electron chi connectivity index (χ2n) is 29.3. The van der Waals surface area contributed by atoms with Crippen LogP contribution in [0.1, 0.15) is 58.8 Å². The first-order valence-electron chi connectivity index (χ1n) is 41.2. The zero-order valence-corrected chi connectivity index (χ0v) is 72.7. The van der Waals surface area contributed by atoms with Gasteiger partial charge in [-0.2, -0.15) is 26.3 Å². The average Bonchev–Trinajstić information content (AvgIpc) is 1.61. The number of aryl methyl sites for hydroxylation is 1. The summed E-state index contributed by atoms with van der Waals surface area (Å²) in [6.45, 7) is 1.99. The SMILES string of the molecule is CNC(=O)c1c[nH]c2ccc(Nc3nccc(-c4ccccn4)n3)cc12.CNC(=O)c1cc2cc(Nc3nccc(-c4ccccn4)n3)cc(C)c2[nH]1.CNC(=O)c1cc2cc(Nc3nccc(-c4ccccn4)n3)cc(Cl)c2[nH]1.CNC(=O)c1cc2cc(Nc3nccc(-c4ccccn4)n3)ccc2[nH]1.FC(F)(F)c1nc2c(C(F)(F)F)cc(Nc3nccc(-c4ccccn4)n3)cc2[nH]1. The maximum Gasteiger partial charge on any atom is 0.449 e. The Kier molecular flexibility index (Phi) is 27.3. The van der Waals surface area contributed by atoms with Crippen molar-refractivity contribution in [2.24, 2.45) is 0 Å². The van der Waals surface area contributed by atoms with Crippen molar-refractivity contribution in [3.05, 3.63) is 325 Å². The number of benzene rings is 5. The molecule has 4 amide bonds. The number of hydrogen-bond acceptors (Lipinski definition) is 25. The number of anilines is 10. The molecule has 0 fully saturated rings. The number of aromatic amines is 5. The monoisotopic (exact) mass is 1850 g/mol. The molecule has 0 unspecified atom stereocenters. The van der Waals surface area contributed by atoms with E-state index >= 15 is 0 Å². The molecule has 14 N–H and O–H groups in total. The third kappa shape index (κ3) is 22.0. The molecule has 15 aromatic heterocycles. The summed E-state index contributed by atoms with van der Waals surface area (Å²) >= 11 is 6.36. The zero-order valence-electron chi connectivity index (χ0n) is 72.0. The van der Waals surface area contributed by atoms with Crippen LogP contribution in [0.15, 0.2) is 280 Å². The van der Waals surface area contributed by atoms with Gasteiger partial charge in [-0.15, -0.1) is 0 Å². The lowest BCUT2D eigenvalue weighted by Crippen LogP contribution is -2.17. The number of rotatable bonds is 19. The van der Waals surface area contributed by atoms with E-state index in [-0.39, 0.29) is 35.3 Å². The van der Waals surface area contributed by atoms with Crippen LogP contribution in [-0.4, -0.2) is 156 Å². The Morgan fingerprint density at radius 1 is 0.316 bits per heavy atom. The van der Waals surface area contributed by atoms with Gasteiger partial charge in [0.25, 0.3) is 23.6 Å². The van der Waals surface area contributed by atoms with Crippen molar-refractivity contribution in [2.45, 2.75) is 19.3 Å². The molecular weight excluding hydrogens is 1770 g/mol. The smallest absolute Gasteiger partial charge is 0.360 e. The van der Waals surface area contributed by atoms with Crippen molar-refractivity contribution < 1.29 is 45.5 Å². The van der Waals surface area contributed by atoms with Gasteiger partial charge in [0, 0.05) is 163 Å². The van der Waals surface area contributed by atoms with Gasteiger partial charge in [-0.25, -0.2) is 54.8 Å². The Balaban J connectivity index is 0.000000123. The van der Waals surface area contributed by atoms with Crippen molar-refractivity contribution in [3.8, 4) is 56.9 Å². The van der Waals surface area contributed by atoms with Gasteiger partial charge in [-0.3, -0.25) is 44.1 Å². The minimum atomic E-state index is -4.93. The lowest BCUT2D eigenvalue weighted by molar-refractivity contribution is -0.144. The number of carbonyl (C=O) groups excluding carboxylic acids is 4. The fourth-order valence-corrected chi connectivity index (χ4v) is 14.1. The number of amides is 4. The van der Waals surface area contributed by atoms with E-state index < -0.39 is 34.8 Å². The maximum atomic E-state index is 13.4. The molecule has 15 heterocycles. The highest BCUT2D eigenvalue weighted by atomic mass is 35.5. The summed E-state index contributed by atoms with van der Waals surface area (Å²) in [6.07, 6.45) is 8.42. The van der Waals surface area contributed by atoms with Gasteiger partial charge in [-0.05, 0) is 194 Å². The molecule has 0 radical (unpaired) electrons. The van der Waals surface area contributed by atoms with Crippen molar-refractivity contribution >= 4 is 148 Å². The normalized spacial score (nSPS) is 11.1. The van der Waals surface area contributed by atoms with E-state index in [1.165, 1.54) is 6.20 Å². The molecule has 41 heteroatoms. The third-order valence-electron chi connectivity index (χ3n) is 20.2. The number of nitrogens with zero attached hydrogens (tertiary/aromatic N) is 16. The molecule has 20 rings (SSSR count). The van der Waals surface area contributed by atoms with E-state index in [0.717, 1.165) is 107 Å². The van der Waals surface area contributed by atoms with Crippen LogP contribution in [-0.2, 0) is 12.4 Å². The first-order valence-corrected chi connectivity index (χ1v) is 41.6. The fourth-order valence-electron chi connectivity index (χ4n) is 13.8. The molecule has 5 aromatic carbocycles. The number of nitrogens with one attached hydrogen (secondary N) is 14. The van der Waals surface area contributed by atoms with Crippen LogP contribution in [0, 0.1) is 6.92 Å². The second-order valence-corrected chi connectivity index (χ2v) is 29.7. The number of aromatic nitrogens is 21. The van der Waals surface area contributed by atoms with Crippen molar-refractivity contribution in [3.63, 3.8) is 0 Å². The minimum Gasteiger partial charge on any atom is -0.360 e. The van der Waals surface area contributed by atoms with Gasteiger partial charge >= 0.3 is 12.4 Å². The van der Waals surface area contributed by atoms with Crippen LogP contribution in [0.4, 0.5) is 84.5 Å². The summed E-state index contributed by atoms with van der Waals surface area (Å²) in [5, 5.41) is 29.8. The van der Waals surface area contributed by atoms with Crippen LogP contribution in [0.3, 0.4) is 0 Å². The molecule has 136 heavy (non-hydrogen) atoms. The summed E-state index contributed by atoms with van der Waals surface area (Å²) in [6, 6.07) is 62.8. The van der Waals surface area contributed by atoms with Crippen LogP contribution in [0.5, 0.6) is 0 Å². The Hall–Kier alpha value is -18.4. The highest BCUT2D eigenvalue weighted by Crippen LogP contribution is 2.40. The predicted octanol–water partition coefficient (Wildman–Crippen LogP) is 18.7. The van der Waals surface area contributed by atoms with Crippen LogP contribution < -0.4 is 47.9 Å². The standard InChI is InChI=1S/C20H18N6O.C19H15ClN6O.2C19H16N6O.C18H10F6N6/c1-12-9-14(10-13-11-17(19(27)21-2)25-18(12)13)24-20-23-8-6-16(26-20)15-5-3-4-7-22-15;1-21-18(27)16-9-11-8-12(10-13(20)17(11)25-16)24-19-23-7-5-15(26-19)14-4-2-3-6-22-14;1-20-18(26)17-11-12-10-13(5-6-14(12)24-17)23-19-22-9-7-16(25-19)15-4-2-3-8-21-15;1-20-18(26)14-11-23-15-6-5-12(10-13(14)15)24-19-22-9-7-17(25-19)16-4-2-3-8-21-16;19-17(20,21)10-7-9(8-13-14(10)30-15(28-13)18(22,23)24)27-16-26-6-4-12(29-16)11-3-1-2-5-25-11/h3-11,25H,1-2H3,(H,21,27)(H,23,24,26);2-10,25H,1H3,(H,21,27)(H,23,24,26);2-11,24H,1H3,(H,20,26)(H,22,23,25);2-11,23H,1H3,(H,20,26)(H,22,24,25);1-8H,(H,28,30)(H,26,27,29). The first kappa shape index (κ1) is 91.0. The third-order valence-corrected chi connectivity index (χ3v) is 20.4. The van der Waals surface area contributed by atoms with Gasteiger partial charge < -0.3 is 72.8 Å². The summed E-state index contributed by atoms with van der Waals surface area (Å²) in [5.41, 5.74) is 13.9. The molecule has 0 bridgehead atoms. The largest absolute Gasteiger partial charge is 0.449 e. The van der Waals surface area contributed by atoms with E-state index in [0.29, 0.717) is 85.8 Å². The van der Waals surface area contributed by atoms with E-state index in [4.69, 9.17) is 11.6 Å². The molecule has 0 aliphatic carbocycles. The maximum absolute atomic E-state index is 13.4. The number of alkyl halides is 6. The second kappa shape index (κ2) is 40.7.